The Morgan fingerprint density at radius 3 is 2.34 bits per heavy atom. The van der Waals surface area contributed by atoms with Crippen LogP contribution in [-0.2, 0) is 0 Å². The molecule has 5 heteroatoms. The average molecular weight is 378 g/mol. The summed E-state index contributed by atoms with van der Waals surface area (Å²) in [5.74, 6) is 0.628. The van der Waals surface area contributed by atoms with Crippen molar-refractivity contribution < 1.29 is 4.42 Å². The van der Waals surface area contributed by atoms with E-state index in [4.69, 9.17) is 4.42 Å². The van der Waals surface area contributed by atoms with Crippen molar-refractivity contribution in [2.75, 3.05) is 0 Å². The second kappa shape index (κ2) is 7.20. The van der Waals surface area contributed by atoms with Gasteiger partial charge in [-0.25, -0.2) is 4.98 Å². The van der Waals surface area contributed by atoms with Crippen LogP contribution in [-0.4, -0.2) is 20.0 Å². The second-order valence-corrected chi connectivity index (χ2v) is 6.74. The summed E-state index contributed by atoms with van der Waals surface area (Å²) in [5.41, 5.74) is 6.35. The molecule has 0 aliphatic carbocycles. The Hall–Kier alpha value is -3.99. The molecule has 0 saturated heterocycles. The van der Waals surface area contributed by atoms with Crippen LogP contribution in [0.2, 0.25) is 0 Å². The summed E-state index contributed by atoms with van der Waals surface area (Å²) in [6, 6.07) is 25.8. The first-order chi connectivity index (χ1) is 14.3. The van der Waals surface area contributed by atoms with E-state index in [1.165, 1.54) is 0 Å². The van der Waals surface area contributed by atoms with E-state index in [2.05, 4.69) is 15.2 Å². The molecule has 5 rings (SSSR count). The van der Waals surface area contributed by atoms with Gasteiger partial charge in [0, 0.05) is 5.56 Å². The SMILES string of the molecule is Cc1nn(-c2ccccc2)nc1/C=C/c1ccc(-c2nc3ccccc3o2)cc1. The minimum atomic E-state index is 0.628. The highest BCUT2D eigenvalue weighted by molar-refractivity contribution is 5.76. The number of rotatable bonds is 4. The zero-order valence-corrected chi connectivity index (χ0v) is 15.9. The van der Waals surface area contributed by atoms with Crippen LogP contribution in [0.3, 0.4) is 0 Å². The van der Waals surface area contributed by atoms with E-state index in [0.717, 1.165) is 39.3 Å². The van der Waals surface area contributed by atoms with Gasteiger partial charge < -0.3 is 4.42 Å². The largest absolute Gasteiger partial charge is 0.436 e. The molecule has 29 heavy (non-hydrogen) atoms. The van der Waals surface area contributed by atoms with Gasteiger partial charge in [0.05, 0.1) is 11.4 Å². The lowest BCUT2D eigenvalue weighted by Crippen LogP contribution is -1.98. The predicted octanol–water partition coefficient (Wildman–Crippen LogP) is 5.55. The Balaban J connectivity index is 1.37. The molecular weight excluding hydrogens is 360 g/mol. The highest BCUT2D eigenvalue weighted by Crippen LogP contribution is 2.24. The fraction of sp³-hybridized carbons (Fsp3) is 0.0417. The van der Waals surface area contributed by atoms with Crippen molar-refractivity contribution >= 4 is 23.3 Å². The molecular formula is C24H18N4O. The number of hydrogen-bond donors (Lipinski definition) is 0. The molecule has 0 saturated carbocycles. The monoisotopic (exact) mass is 378 g/mol. The van der Waals surface area contributed by atoms with Crippen LogP contribution in [0.25, 0.3) is 40.4 Å². The van der Waals surface area contributed by atoms with Crippen LogP contribution in [0.5, 0.6) is 0 Å². The molecule has 5 nitrogen and oxygen atoms in total. The summed E-state index contributed by atoms with van der Waals surface area (Å²) in [7, 11) is 0. The fourth-order valence-corrected chi connectivity index (χ4v) is 3.13. The summed E-state index contributed by atoms with van der Waals surface area (Å²) in [6.07, 6.45) is 4.01. The standard InChI is InChI=1S/C24H18N4O/c1-17-21(27-28(26-17)20-7-3-2-4-8-20)16-13-18-11-14-19(15-12-18)24-25-22-9-5-6-10-23(22)29-24/h2-16H,1H3/b16-13+. The van der Waals surface area contributed by atoms with Crippen molar-refractivity contribution in [1.82, 2.24) is 20.0 Å². The number of benzene rings is 3. The fourth-order valence-electron chi connectivity index (χ4n) is 3.13. The van der Waals surface area contributed by atoms with Gasteiger partial charge in [0.1, 0.15) is 11.2 Å². The lowest BCUT2D eigenvalue weighted by molar-refractivity contribution is 0.620. The van der Waals surface area contributed by atoms with Gasteiger partial charge in [-0.3, -0.25) is 0 Å². The number of para-hydroxylation sites is 3. The Bertz CT molecular complexity index is 1270. The van der Waals surface area contributed by atoms with Crippen LogP contribution in [0.4, 0.5) is 0 Å². The molecule has 140 valence electrons. The van der Waals surface area contributed by atoms with E-state index in [1.807, 2.05) is 97.9 Å². The van der Waals surface area contributed by atoms with Crippen LogP contribution >= 0.6 is 0 Å². The van der Waals surface area contributed by atoms with Crippen LogP contribution < -0.4 is 0 Å². The van der Waals surface area contributed by atoms with E-state index < -0.39 is 0 Å². The number of hydrogen-bond acceptors (Lipinski definition) is 4. The Morgan fingerprint density at radius 2 is 1.55 bits per heavy atom. The maximum Gasteiger partial charge on any atom is 0.227 e. The zero-order valence-electron chi connectivity index (χ0n) is 15.9. The molecule has 0 atom stereocenters. The van der Waals surface area contributed by atoms with Gasteiger partial charge in [0.15, 0.2) is 5.58 Å². The van der Waals surface area contributed by atoms with Crippen LogP contribution in [0, 0.1) is 6.92 Å². The van der Waals surface area contributed by atoms with Gasteiger partial charge in [0.2, 0.25) is 5.89 Å². The maximum absolute atomic E-state index is 5.83. The molecule has 0 aliphatic rings. The van der Waals surface area contributed by atoms with Crippen LogP contribution in [0.15, 0.2) is 83.3 Å². The topological polar surface area (TPSA) is 56.7 Å². The highest BCUT2D eigenvalue weighted by atomic mass is 16.3. The van der Waals surface area contributed by atoms with Crippen molar-refractivity contribution in [3.05, 3.63) is 95.8 Å². The molecule has 0 fully saturated rings. The third kappa shape index (κ3) is 3.46. The van der Waals surface area contributed by atoms with E-state index in [-0.39, 0.29) is 0 Å². The van der Waals surface area contributed by atoms with Crippen LogP contribution in [0.1, 0.15) is 17.0 Å². The van der Waals surface area contributed by atoms with Crippen molar-refractivity contribution in [3.63, 3.8) is 0 Å². The Morgan fingerprint density at radius 1 is 0.793 bits per heavy atom. The molecule has 0 spiro atoms. The minimum Gasteiger partial charge on any atom is -0.436 e. The number of aryl methyl sites for hydroxylation is 1. The second-order valence-electron chi connectivity index (χ2n) is 6.74. The minimum absolute atomic E-state index is 0.628. The molecule has 2 aromatic heterocycles. The van der Waals surface area contributed by atoms with Crippen molar-refractivity contribution in [2.45, 2.75) is 6.92 Å². The molecule has 3 aromatic carbocycles. The van der Waals surface area contributed by atoms with Gasteiger partial charge in [-0.2, -0.15) is 9.90 Å². The summed E-state index contributed by atoms with van der Waals surface area (Å²) >= 11 is 0. The molecule has 0 bridgehead atoms. The van der Waals surface area contributed by atoms with Crippen molar-refractivity contribution in [2.24, 2.45) is 0 Å². The van der Waals surface area contributed by atoms with E-state index in [1.54, 1.807) is 4.80 Å². The highest BCUT2D eigenvalue weighted by Gasteiger charge is 2.08. The number of fused-ring (bicyclic) bond motifs is 1. The normalized spacial score (nSPS) is 11.5. The number of oxazole rings is 1. The lowest BCUT2D eigenvalue weighted by atomic mass is 10.1. The summed E-state index contributed by atoms with van der Waals surface area (Å²) in [6.45, 7) is 1.96. The number of nitrogens with zero attached hydrogens (tertiary/aromatic N) is 4. The zero-order chi connectivity index (χ0) is 19.6. The van der Waals surface area contributed by atoms with E-state index >= 15 is 0 Å². The lowest BCUT2D eigenvalue weighted by Gasteiger charge is -1.97. The molecule has 2 heterocycles. The number of aromatic nitrogens is 4. The molecule has 5 aromatic rings. The molecule has 0 aliphatic heterocycles. The molecule has 0 N–H and O–H groups in total. The van der Waals surface area contributed by atoms with Gasteiger partial charge in [-0.05, 0) is 55.0 Å². The Kier molecular flexibility index (Phi) is 4.26. The molecule has 0 radical (unpaired) electrons. The van der Waals surface area contributed by atoms with Crippen molar-refractivity contribution in [3.8, 4) is 17.1 Å². The Labute approximate surface area is 167 Å². The smallest absolute Gasteiger partial charge is 0.227 e. The van der Waals surface area contributed by atoms with Gasteiger partial charge >= 0.3 is 0 Å². The van der Waals surface area contributed by atoms with Crippen molar-refractivity contribution in [1.29, 1.82) is 0 Å². The summed E-state index contributed by atoms with van der Waals surface area (Å²) in [4.78, 5) is 6.20. The van der Waals surface area contributed by atoms with E-state index in [9.17, 15) is 0 Å². The van der Waals surface area contributed by atoms with Gasteiger partial charge in [-0.15, -0.1) is 5.10 Å². The summed E-state index contributed by atoms with van der Waals surface area (Å²) in [5, 5.41) is 9.08. The quantitative estimate of drug-likeness (QED) is 0.411. The van der Waals surface area contributed by atoms with Gasteiger partial charge in [0.25, 0.3) is 0 Å². The third-order valence-corrected chi connectivity index (χ3v) is 4.69. The average Bonchev–Trinajstić information content (AvgIpc) is 3.37. The first kappa shape index (κ1) is 17.1. The first-order valence-electron chi connectivity index (χ1n) is 9.40. The first-order valence-corrected chi connectivity index (χ1v) is 9.40. The van der Waals surface area contributed by atoms with Gasteiger partial charge in [-0.1, -0.05) is 48.5 Å². The molecule has 0 amide bonds. The van der Waals surface area contributed by atoms with E-state index in [0.29, 0.717) is 5.89 Å². The maximum atomic E-state index is 5.83. The third-order valence-electron chi connectivity index (χ3n) is 4.69. The predicted molar refractivity (Wildman–Crippen MR) is 114 cm³/mol. The molecule has 0 unspecified atom stereocenters. The summed E-state index contributed by atoms with van der Waals surface area (Å²) < 4.78 is 5.83.